The number of amides is 1. The maximum Gasteiger partial charge on any atom is 0.225 e. The van der Waals surface area contributed by atoms with E-state index in [1.807, 2.05) is 18.2 Å². The summed E-state index contributed by atoms with van der Waals surface area (Å²) in [5.41, 5.74) is 1.65. The van der Waals surface area contributed by atoms with Crippen LogP contribution in [0.2, 0.25) is 10.0 Å². The van der Waals surface area contributed by atoms with Crippen LogP contribution in [-0.2, 0) is 17.8 Å². The van der Waals surface area contributed by atoms with Gasteiger partial charge in [-0.15, -0.1) is 0 Å². The Morgan fingerprint density at radius 3 is 2.48 bits per heavy atom. The maximum absolute atomic E-state index is 12.6. The van der Waals surface area contributed by atoms with Crippen molar-refractivity contribution in [2.45, 2.75) is 19.4 Å². The quantitative estimate of drug-likeness (QED) is 0.491. The van der Waals surface area contributed by atoms with Crippen molar-refractivity contribution in [2.75, 3.05) is 26.6 Å². The van der Waals surface area contributed by atoms with Crippen LogP contribution in [0.15, 0.2) is 42.6 Å². The Balaban J connectivity index is 1.68. The van der Waals surface area contributed by atoms with E-state index in [-0.39, 0.29) is 12.3 Å². The van der Waals surface area contributed by atoms with E-state index in [1.54, 1.807) is 50.4 Å². The molecule has 3 aromatic rings. The van der Waals surface area contributed by atoms with Gasteiger partial charge in [0.15, 0.2) is 11.5 Å². The molecule has 31 heavy (non-hydrogen) atoms. The molecule has 3 rings (SSSR count). The SMILES string of the molecule is COc1ccc(CCC(=O)Nc2ccnn2Cc2cccc(Cl)c2Cl)c(OC)c1OC. The number of carbonyl (C=O) groups is 1. The number of ether oxygens (including phenoxy) is 3. The van der Waals surface area contributed by atoms with Crippen molar-refractivity contribution in [1.82, 2.24) is 9.78 Å². The average Bonchev–Trinajstić information content (AvgIpc) is 3.20. The molecule has 0 saturated heterocycles. The number of hydrogen-bond acceptors (Lipinski definition) is 5. The lowest BCUT2D eigenvalue weighted by Gasteiger charge is -2.15. The first-order valence-corrected chi connectivity index (χ1v) is 10.3. The third kappa shape index (κ3) is 5.24. The molecule has 1 N–H and O–H groups in total. The molecular formula is C22H23Cl2N3O4. The minimum Gasteiger partial charge on any atom is -0.493 e. The van der Waals surface area contributed by atoms with Crippen LogP contribution >= 0.6 is 23.2 Å². The molecule has 0 bridgehead atoms. The Kier molecular flexibility index (Phi) is 7.65. The van der Waals surface area contributed by atoms with E-state index < -0.39 is 0 Å². The second kappa shape index (κ2) is 10.4. The number of halogens is 2. The first kappa shape index (κ1) is 22.8. The van der Waals surface area contributed by atoms with Crippen LogP contribution in [0, 0.1) is 0 Å². The Morgan fingerprint density at radius 2 is 1.77 bits per heavy atom. The first-order chi connectivity index (χ1) is 15.0. The number of nitrogens with one attached hydrogen (secondary N) is 1. The van der Waals surface area contributed by atoms with E-state index in [0.29, 0.717) is 46.1 Å². The van der Waals surface area contributed by atoms with Crippen LogP contribution in [0.5, 0.6) is 17.2 Å². The van der Waals surface area contributed by atoms with Crippen LogP contribution in [0.1, 0.15) is 17.5 Å². The zero-order chi connectivity index (χ0) is 22.4. The van der Waals surface area contributed by atoms with Gasteiger partial charge in [0, 0.05) is 12.5 Å². The van der Waals surface area contributed by atoms with E-state index in [9.17, 15) is 4.79 Å². The number of aromatic nitrogens is 2. The lowest BCUT2D eigenvalue weighted by atomic mass is 10.1. The van der Waals surface area contributed by atoms with Crippen molar-refractivity contribution < 1.29 is 19.0 Å². The van der Waals surface area contributed by atoms with Gasteiger partial charge in [0.05, 0.1) is 44.1 Å². The van der Waals surface area contributed by atoms with Crippen LogP contribution in [0.4, 0.5) is 5.82 Å². The summed E-state index contributed by atoms with van der Waals surface area (Å²) in [4.78, 5) is 12.6. The van der Waals surface area contributed by atoms with E-state index >= 15 is 0 Å². The van der Waals surface area contributed by atoms with Crippen molar-refractivity contribution in [3.05, 3.63) is 63.8 Å². The Labute approximate surface area is 190 Å². The van der Waals surface area contributed by atoms with Crippen LogP contribution in [0.3, 0.4) is 0 Å². The predicted octanol–water partition coefficient (Wildman–Crippen LogP) is 4.84. The summed E-state index contributed by atoms with van der Waals surface area (Å²) in [7, 11) is 4.66. The molecule has 0 fully saturated rings. The van der Waals surface area contributed by atoms with Gasteiger partial charge < -0.3 is 19.5 Å². The Bertz CT molecular complexity index is 1070. The number of hydrogen-bond donors (Lipinski definition) is 1. The highest BCUT2D eigenvalue weighted by Crippen LogP contribution is 2.40. The summed E-state index contributed by atoms with van der Waals surface area (Å²) in [5, 5.41) is 8.11. The van der Waals surface area contributed by atoms with Gasteiger partial charge >= 0.3 is 0 Å². The standard InChI is InChI=1S/C22H23Cl2N3O4/c1-29-17-9-7-14(21(30-2)22(17)31-3)8-10-19(28)26-18-11-12-25-27(18)13-15-5-4-6-16(23)20(15)24/h4-7,9,11-12H,8,10,13H2,1-3H3,(H,26,28). The lowest BCUT2D eigenvalue weighted by Crippen LogP contribution is -2.16. The number of rotatable bonds is 9. The number of carbonyl (C=O) groups excluding carboxylic acids is 1. The minimum atomic E-state index is -0.157. The van der Waals surface area contributed by atoms with Gasteiger partial charge in [0.25, 0.3) is 0 Å². The summed E-state index contributed by atoms with van der Waals surface area (Å²) < 4.78 is 17.8. The van der Waals surface area contributed by atoms with Gasteiger partial charge in [-0.2, -0.15) is 5.10 Å². The van der Waals surface area contributed by atoms with Gasteiger partial charge in [-0.05, 0) is 29.7 Å². The molecule has 1 amide bonds. The molecule has 0 aliphatic heterocycles. The second-order valence-electron chi connectivity index (χ2n) is 6.63. The number of aryl methyl sites for hydroxylation is 1. The molecule has 0 aliphatic carbocycles. The monoisotopic (exact) mass is 463 g/mol. The van der Waals surface area contributed by atoms with E-state index in [4.69, 9.17) is 37.4 Å². The number of nitrogens with zero attached hydrogens (tertiary/aromatic N) is 2. The molecule has 1 aromatic heterocycles. The molecule has 0 aliphatic rings. The molecule has 0 spiro atoms. The topological polar surface area (TPSA) is 74.6 Å². The highest BCUT2D eigenvalue weighted by Gasteiger charge is 2.17. The van der Waals surface area contributed by atoms with Gasteiger partial charge in [0.1, 0.15) is 5.82 Å². The van der Waals surface area contributed by atoms with Crippen molar-refractivity contribution >= 4 is 34.9 Å². The fourth-order valence-electron chi connectivity index (χ4n) is 3.21. The number of anilines is 1. The highest BCUT2D eigenvalue weighted by molar-refractivity contribution is 6.42. The van der Waals surface area contributed by atoms with Gasteiger partial charge in [-0.3, -0.25) is 4.79 Å². The van der Waals surface area contributed by atoms with Crippen molar-refractivity contribution in [3.8, 4) is 17.2 Å². The Hall–Kier alpha value is -2.90. The molecule has 1 heterocycles. The molecule has 0 radical (unpaired) electrons. The molecule has 9 heteroatoms. The number of benzene rings is 2. The largest absolute Gasteiger partial charge is 0.493 e. The maximum atomic E-state index is 12.6. The predicted molar refractivity (Wildman–Crippen MR) is 121 cm³/mol. The van der Waals surface area contributed by atoms with E-state index in [1.165, 1.54) is 0 Å². The zero-order valence-corrected chi connectivity index (χ0v) is 19.0. The van der Waals surface area contributed by atoms with E-state index in [2.05, 4.69) is 10.4 Å². The van der Waals surface area contributed by atoms with E-state index in [0.717, 1.165) is 11.1 Å². The summed E-state index contributed by atoms with van der Waals surface area (Å²) >= 11 is 12.4. The second-order valence-corrected chi connectivity index (χ2v) is 7.41. The number of methoxy groups -OCH3 is 3. The Morgan fingerprint density at radius 1 is 1.00 bits per heavy atom. The zero-order valence-electron chi connectivity index (χ0n) is 17.4. The third-order valence-corrected chi connectivity index (χ3v) is 5.60. The summed E-state index contributed by atoms with van der Waals surface area (Å²) in [6.45, 7) is 0.380. The fraction of sp³-hybridized carbons (Fsp3) is 0.273. The van der Waals surface area contributed by atoms with Crippen LogP contribution in [0.25, 0.3) is 0 Å². The van der Waals surface area contributed by atoms with Gasteiger partial charge in [0.2, 0.25) is 11.7 Å². The summed E-state index contributed by atoms with van der Waals surface area (Å²) in [5.74, 6) is 2.03. The molecule has 0 saturated carbocycles. The van der Waals surface area contributed by atoms with Crippen molar-refractivity contribution in [1.29, 1.82) is 0 Å². The molecule has 164 valence electrons. The molecule has 0 unspecified atom stereocenters. The molecule has 2 aromatic carbocycles. The smallest absolute Gasteiger partial charge is 0.225 e. The normalized spacial score (nSPS) is 10.6. The highest BCUT2D eigenvalue weighted by atomic mass is 35.5. The molecule has 7 nitrogen and oxygen atoms in total. The van der Waals surface area contributed by atoms with Crippen LogP contribution in [-0.4, -0.2) is 37.0 Å². The van der Waals surface area contributed by atoms with Crippen molar-refractivity contribution in [3.63, 3.8) is 0 Å². The molecular weight excluding hydrogens is 441 g/mol. The van der Waals surface area contributed by atoms with Crippen molar-refractivity contribution in [2.24, 2.45) is 0 Å². The third-order valence-electron chi connectivity index (χ3n) is 4.74. The summed E-state index contributed by atoms with van der Waals surface area (Å²) in [6.07, 6.45) is 2.32. The molecule has 0 atom stereocenters. The lowest BCUT2D eigenvalue weighted by molar-refractivity contribution is -0.116. The minimum absolute atomic E-state index is 0.157. The summed E-state index contributed by atoms with van der Waals surface area (Å²) in [6, 6.07) is 10.8. The average molecular weight is 464 g/mol. The van der Waals surface area contributed by atoms with Gasteiger partial charge in [-0.1, -0.05) is 41.4 Å². The fourth-order valence-corrected chi connectivity index (χ4v) is 3.59. The van der Waals surface area contributed by atoms with Gasteiger partial charge in [-0.25, -0.2) is 4.68 Å². The van der Waals surface area contributed by atoms with Crippen LogP contribution < -0.4 is 19.5 Å². The first-order valence-electron chi connectivity index (χ1n) is 9.50.